The zero-order valence-corrected chi connectivity index (χ0v) is 11.8. The Morgan fingerprint density at radius 2 is 1.90 bits per heavy atom. The number of benzene rings is 1. The fourth-order valence-electron chi connectivity index (χ4n) is 2.41. The number of nitrogens with two attached hydrogens (primary N) is 1. The van der Waals surface area contributed by atoms with Crippen molar-refractivity contribution in [1.29, 1.82) is 0 Å². The number of halogens is 1. The maximum Gasteiger partial charge on any atom is 0.292 e. The number of pyridine rings is 1. The summed E-state index contributed by atoms with van der Waals surface area (Å²) in [4.78, 5) is 14.2. The fraction of sp³-hybridized carbons (Fsp3) is 0.200. The molecule has 1 aromatic heterocycles. The number of amides is 1. The number of hydrogen-bond donors (Lipinski definition) is 1. The summed E-state index contributed by atoms with van der Waals surface area (Å²) >= 11 is 0. The second-order valence-electron chi connectivity index (χ2n) is 4.73. The van der Waals surface area contributed by atoms with Crippen molar-refractivity contribution in [2.24, 2.45) is 0 Å². The highest BCUT2D eigenvalue weighted by Gasteiger charge is 2.26. The number of hydrogen-bond acceptors (Lipinski definition) is 2. The Morgan fingerprint density at radius 1 is 1.20 bits per heavy atom. The molecule has 0 fully saturated rings. The third-order valence-electron chi connectivity index (χ3n) is 3.42. The summed E-state index contributed by atoms with van der Waals surface area (Å²) in [5.74, 6) is 0.111. The lowest BCUT2D eigenvalue weighted by atomic mass is 10.2. The fourth-order valence-corrected chi connectivity index (χ4v) is 2.41. The number of anilines is 2. The van der Waals surface area contributed by atoms with Gasteiger partial charge in [-0.1, -0.05) is 18.2 Å². The van der Waals surface area contributed by atoms with Crippen LogP contribution in [0.5, 0.6) is 0 Å². The highest BCUT2D eigenvalue weighted by molar-refractivity contribution is 5.94. The van der Waals surface area contributed by atoms with Gasteiger partial charge in [-0.3, -0.25) is 4.79 Å². The lowest BCUT2D eigenvalue weighted by Crippen LogP contribution is -3.00. The molecule has 5 heteroatoms. The average Bonchev–Trinajstić information content (AvgIpc) is 2.85. The van der Waals surface area contributed by atoms with Gasteiger partial charge in [0.25, 0.3) is 5.91 Å². The van der Waals surface area contributed by atoms with Gasteiger partial charge in [0.05, 0.1) is 0 Å². The van der Waals surface area contributed by atoms with Crippen molar-refractivity contribution in [3.8, 4) is 0 Å². The molecule has 0 bridgehead atoms. The van der Waals surface area contributed by atoms with Gasteiger partial charge < -0.3 is 23.0 Å². The van der Waals surface area contributed by atoms with Gasteiger partial charge in [0.15, 0.2) is 12.4 Å². The monoisotopic (exact) mass is 289 g/mol. The van der Waals surface area contributed by atoms with Crippen LogP contribution in [-0.4, -0.2) is 12.5 Å². The minimum Gasteiger partial charge on any atom is -1.00 e. The number of carbonyl (C=O) groups excluding carboxylic acids is 1. The standard InChI is InChI=1S/C15H15N3O.ClH/c16-13-6-8-17(9-7-13)11-15(19)18-10-5-12-3-1-2-4-14(12)18;/h1-4,6-9,16H,5,10-11H2;1H. The van der Waals surface area contributed by atoms with Gasteiger partial charge in [0.2, 0.25) is 6.54 Å². The largest absolute Gasteiger partial charge is 1.00 e. The van der Waals surface area contributed by atoms with E-state index < -0.39 is 0 Å². The third-order valence-corrected chi connectivity index (χ3v) is 3.42. The summed E-state index contributed by atoms with van der Waals surface area (Å²) in [7, 11) is 0. The normalized spacial score (nSPS) is 12.7. The minimum absolute atomic E-state index is 0. The van der Waals surface area contributed by atoms with Crippen LogP contribution in [0.1, 0.15) is 5.56 Å². The van der Waals surface area contributed by atoms with Crippen LogP contribution in [0, 0.1) is 0 Å². The summed E-state index contributed by atoms with van der Waals surface area (Å²) in [6, 6.07) is 11.7. The van der Waals surface area contributed by atoms with Crippen molar-refractivity contribution < 1.29 is 21.8 Å². The predicted octanol–water partition coefficient (Wildman–Crippen LogP) is -1.85. The van der Waals surface area contributed by atoms with E-state index in [9.17, 15) is 4.79 Å². The Balaban J connectivity index is 0.00000147. The van der Waals surface area contributed by atoms with E-state index in [1.54, 1.807) is 12.1 Å². The smallest absolute Gasteiger partial charge is 0.292 e. The van der Waals surface area contributed by atoms with Crippen molar-refractivity contribution in [1.82, 2.24) is 0 Å². The van der Waals surface area contributed by atoms with Crippen LogP contribution in [0.3, 0.4) is 0 Å². The van der Waals surface area contributed by atoms with E-state index in [1.807, 2.05) is 40.1 Å². The highest BCUT2D eigenvalue weighted by Crippen LogP contribution is 2.27. The average molecular weight is 290 g/mol. The Kier molecular flexibility index (Phi) is 4.25. The molecule has 104 valence electrons. The molecule has 0 spiro atoms. The molecular weight excluding hydrogens is 274 g/mol. The van der Waals surface area contributed by atoms with Crippen LogP contribution in [0.25, 0.3) is 0 Å². The van der Waals surface area contributed by atoms with E-state index in [0.717, 1.165) is 18.7 Å². The number of rotatable bonds is 2. The first-order chi connectivity index (χ1) is 9.24. The number of para-hydroxylation sites is 1. The van der Waals surface area contributed by atoms with Crippen molar-refractivity contribution in [3.63, 3.8) is 0 Å². The molecule has 1 aliphatic heterocycles. The molecule has 20 heavy (non-hydrogen) atoms. The Labute approximate surface area is 124 Å². The summed E-state index contributed by atoms with van der Waals surface area (Å²) in [6.45, 7) is 1.11. The molecule has 0 radical (unpaired) electrons. The number of aromatic nitrogens is 1. The first kappa shape index (κ1) is 14.3. The van der Waals surface area contributed by atoms with Crippen LogP contribution >= 0.6 is 0 Å². The number of fused-ring (bicyclic) bond motifs is 1. The van der Waals surface area contributed by atoms with Crippen molar-refractivity contribution in [3.05, 3.63) is 54.4 Å². The first-order valence-corrected chi connectivity index (χ1v) is 6.37. The molecule has 1 aromatic carbocycles. The summed E-state index contributed by atoms with van der Waals surface area (Å²) in [5.41, 5.74) is 8.63. The van der Waals surface area contributed by atoms with E-state index in [0.29, 0.717) is 12.2 Å². The summed E-state index contributed by atoms with van der Waals surface area (Å²) in [6.07, 6.45) is 4.60. The molecule has 2 aromatic rings. The molecule has 2 N–H and O–H groups in total. The van der Waals surface area contributed by atoms with Gasteiger partial charge in [-0.25, -0.2) is 0 Å². The molecule has 0 aliphatic carbocycles. The van der Waals surface area contributed by atoms with Gasteiger partial charge in [-0.05, 0) is 18.1 Å². The van der Waals surface area contributed by atoms with E-state index in [1.165, 1.54) is 5.56 Å². The summed E-state index contributed by atoms with van der Waals surface area (Å²) in [5, 5.41) is 0. The highest BCUT2D eigenvalue weighted by atomic mass is 35.5. The van der Waals surface area contributed by atoms with Crippen molar-refractivity contribution in [2.45, 2.75) is 13.0 Å². The second-order valence-corrected chi connectivity index (χ2v) is 4.73. The third kappa shape index (κ3) is 2.75. The Hall–Kier alpha value is -2.07. The van der Waals surface area contributed by atoms with Crippen LogP contribution in [0.2, 0.25) is 0 Å². The predicted molar refractivity (Wildman–Crippen MR) is 73.5 cm³/mol. The SMILES string of the molecule is Nc1cc[n+](CC(=O)N2CCc3ccccc32)cc1.[Cl-]. The molecule has 2 heterocycles. The molecule has 3 rings (SSSR count). The quantitative estimate of drug-likeness (QED) is 0.660. The number of carbonyl (C=O) groups is 1. The molecule has 0 atom stereocenters. The van der Waals surface area contributed by atoms with E-state index >= 15 is 0 Å². The van der Waals surface area contributed by atoms with Gasteiger partial charge in [0, 0.05) is 30.1 Å². The zero-order chi connectivity index (χ0) is 13.2. The van der Waals surface area contributed by atoms with Crippen LogP contribution in [0.15, 0.2) is 48.8 Å². The second kappa shape index (κ2) is 5.92. The zero-order valence-electron chi connectivity index (χ0n) is 11.0. The molecule has 0 saturated heterocycles. The lowest BCUT2D eigenvalue weighted by molar-refractivity contribution is -0.684. The summed E-state index contributed by atoms with van der Waals surface area (Å²) < 4.78 is 1.85. The number of nitrogen functional groups attached to an aromatic ring is 1. The lowest BCUT2D eigenvalue weighted by Gasteiger charge is -2.15. The molecule has 1 aliphatic rings. The van der Waals surface area contributed by atoms with Gasteiger partial charge in [-0.15, -0.1) is 0 Å². The van der Waals surface area contributed by atoms with Crippen molar-refractivity contribution >= 4 is 17.3 Å². The first-order valence-electron chi connectivity index (χ1n) is 6.37. The van der Waals surface area contributed by atoms with Crippen molar-refractivity contribution in [2.75, 3.05) is 17.2 Å². The molecule has 0 saturated carbocycles. The molecule has 0 unspecified atom stereocenters. The van der Waals surface area contributed by atoms with E-state index in [4.69, 9.17) is 5.73 Å². The van der Waals surface area contributed by atoms with Gasteiger partial charge >= 0.3 is 0 Å². The van der Waals surface area contributed by atoms with Crippen LogP contribution in [0.4, 0.5) is 11.4 Å². The Morgan fingerprint density at radius 3 is 2.65 bits per heavy atom. The van der Waals surface area contributed by atoms with E-state index in [2.05, 4.69) is 6.07 Å². The molecular formula is C15H16ClN3O. The van der Waals surface area contributed by atoms with Gasteiger partial charge in [-0.2, -0.15) is 4.57 Å². The topological polar surface area (TPSA) is 50.2 Å². The maximum atomic E-state index is 12.3. The molecule has 4 nitrogen and oxygen atoms in total. The van der Waals surface area contributed by atoms with Crippen LogP contribution < -0.4 is 27.6 Å². The van der Waals surface area contributed by atoms with E-state index in [-0.39, 0.29) is 18.3 Å². The van der Waals surface area contributed by atoms with Gasteiger partial charge in [0.1, 0.15) is 0 Å². The maximum absolute atomic E-state index is 12.3. The molecule has 1 amide bonds. The number of nitrogens with zero attached hydrogens (tertiary/aromatic N) is 2. The minimum atomic E-state index is 0. The van der Waals surface area contributed by atoms with Crippen LogP contribution in [-0.2, 0) is 17.8 Å². The Bertz CT molecular complexity index is 613.